The first-order valence-electron chi connectivity index (χ1n) is 8.55. The Balaban J connectivity index is 1.71. The van der Waals surface area contributed by atoms with Crippen LogP contribution in [0, 0.1) is 0 Å². The summed E-state index contributed by atoms with van der Waals surface area (Å²) < 4.78 is 1.80. The smallest absolute Gasteiger partial charge is 0.318 e. The summed E-state index contributed by atoms with van der Waals surface area (Å²) in [5.41, 5.74) is 3.38. The number of rotatable bonds is 5. The maximum Gasteiger partial charge on any atom is 0.318 e. The standard InChI is InChI=1S/C20H23N5O/c1-15(19-23-21-14-25(19)3)22-20(26)24(2)13-17-11-7-8-12-18(17)16-9-5-4-6-10-16/h4-12,14-15H,13H2,1-3H3,(H,22,26). The van der Waals surface area contributed by atoms with E-state index in [1.165, 1.54) is 0 Å². The van der Waals surface area contributed by atoms with Gasteiger partial charge in [-0.1, -0.05) is 54.6 Å². The number of nitrogens with one attached hydrogen (secondary N) is 1. The maximum atomic E-state index is 12.6. The Kier molecular flexibility index (Phi) is 5.31. The van der Waals surface area contributed by atoms with Gasteiger partial charge in [0, 0.05) is 20.6 Å². The Morgan fingerprint density at radius 3 is 2.54 bits per heavy atom. The summed E-state index contributed by atoms with van der Waals surface area (Å²) in [6.45, 7) is 2.41. The van der Waals surface area contributed by atoms with Crippen LogP contribution in [0.1, 0.15) is 24.4 Å². The first kappa shape index (κ1) is 17.7. The molecule has 0 aliphatic heterocycles. The number of aromatic nitrogens is 3. The fraction of sp³-hybridized carbons (Fsp3) is 0.250. The minimum absolute atomic E-state index is 0.150. The van der Waals surface area contributed by atoms with Crippen LogP contribution in [0.25, 0.3) is 11.1 Å². The van der Waals surface area contributed by atoms with E-state index in [1.54, 1.807) is 22.8 Å². The lowest BCUT2D eigenvalue weighted by molar-refractivity contribution is 0.203. The van der Waals surface area contributed by atoms with Crippen molar-refractivity contribution in [2.45, 2.75) is 19.5 Å². The van der Waals surface area contributed by atoms with Gasteiger partial charge >= 0.3 is 6.03 Å². The summed E-state index contributed by atoms with van der Waals surface area (Å²) in [6.07, 6.45) is 1.62. The number of aryl methyl sites for hydroxylation is 1. The van der Waals surface area contributed by atoms with Crippen molar-refractivity contribution in [2.24, 2.45) is 7.05 Å². The highest BCUT2D eigenvalue weighted by atomic mass is 16.2. The van der Waals surface area contributed by atoms with E-state index >= 15 is 0 Å². The van der Waals surface area contributed by atoms with Gasteiger partial charge in [-0.2, -0.15) is 0 Å². The summed E-state index contributed by atoms with van der Waals surface area (Å²) >= 11 is 0. The van der Waals surface area contributed by atoms with Crippen LogP contribution in [0.4, 0.5) is 4.79 Å². The molecule has 2 amide bonds. The molecular weight excluding hydrogens is 326 g/mol. The zero-order valence-electron chi connectivity index (χ0n) is 15.3. The minimum atomic E-state index is -0.221. The Morgan fingerprint density at radius 1 is 1.15 bits per heavy atom. The van der Waals surface area contributed by atoms with Crippen LogP contribution in [-0.2, 0) is 13.6 Å². The van der Waals surface area contributed by atoms with E-state index in [9.17, 15) is 4.79 Å². The zero-order valence-corrected chi connectivity index (χ0v) is 15.3. The zero-order chi connectivity index (χ0) is 18.5. The average molecular weight is 349 g/mol. The average Bonchev–Trinajstić information content (AvgIpc) is 3.09. The van der Waals surface area contributed by atoms with Crippen molar-refractivity contribution in [2.75, 3.05) is 7.05 Å². The van der Waals surface area contributed by atoms with Crippen LogP contribution >= 0.6 is 0 Å². The third-order valence-corrected chi connectivity index (χ3v) is 4.33. The van der Waals surface area contributed by atoms with Gasteiger partial charge in [0.15, 0.2) is 5.82 Å². The molecule has 0 fully saturated rings. The van der Waals surface area contributed by atoms with Gasteiger partial charge in [-0.15, -0.1) is 10.2 Å². The van der Waals surface area contributed by atoms with Gasteiger partial charge in [0.25, 0.3) is 0 Å². The van der Waals surface area contributed by atoms with E-state index in [2.05, 4.69) is 39.8 Å². The second-order valence-corrected chi connectivity index (χ2v) is 6.35. The molecule has 1 heterocycles. The van der Waals surface area contributed by atoms with E-state index in [0.717, 1.165) is 22.5 Å². The quantitative estimate of drug-likeness (QED) is 0.768. The number of urea groups is 1. The van der Waals surface area contributed by atoms with E-state index in [-0.39, 0.29) is 12.1 Å². The minimum Gasteiger partial charge on any atom is -0.328 e. The number of hydrogen-bond donors (Lipinski definition) is 1. The highest BCUT2D eigenvalue weighted by Crippen LogP contribution is 2.24. The number of nitrogens with zero attached hydrogens (tertiary/aromatic N) is 4. The van der Waals surface area contributed by atoms with Crippen molar-refractivity contribution in [1.82, 2.24) is 25.0 Å². The molecule has 6 heteroatoms. The molecule has 0 saturated carbocycles. The second kappa shape index (κ2) is 7.82. The van der Waals surface area contributed by atoms with Gasteiger partial charge in [-0.3, -0.25) is 0 Å². The third kappa shape index (κ3) is 3.91. The van der Waals surface area contributed by atoms with Crippen LogP contribution in [0.2, 0.25) is 0 Å². The molecule has 0 aliphatic rings. The lowest BCUT2D eigenvalue weighted by atomic mass is 9.99. The van der Waals surface area contributed by atoms with Crippen molar-refractivity contribution in [3.8, 4) is 11.1 Å². The first-order valence-corrected chi connectivity index (χ1v) is 8.55. The Labute approximate surface area is 153 Å². The molecule has 3 rings (SSSR count). The van der Waals surface area contributed by atoms with Crippen molar-refractivity contribution in [1.29, 1.82) is 0 Å². The van der Waals surface area contributed by atoms with Crippen LogP contribution in [0.5, 0.6) is 0 Å². The molecule has 3 aromatic rings. The van der Waals surface area contributed by atoms with E-state index in [0.29, 0.717) is 6.54 Å². The maximum absolute atomic E-state index is 12.6. The highest BCUT2D eigenvalue weighted by Gasteiger charge is 2.17. The van der Waals surface area contributed by atoms with E-state index in [1.807, 2.05) is 44.3 Å². The number of benzene rings is 2. The molecule has 0 bridgehead atoms. The number of carbonyl (C=O) groups is 1. The topological polar surface area (TPSA) is 63.1 Å². The van der Waals surface area contributed by atoms with Crippen LogP contribution in [0.3, 0.4) is 0 Å². The number of amides is 2. The van der Waals surface area contributed by atoms with Gasteiger partial charge in [0.2, 0.25) is 0 Å². The number of carbonyl (C=O) groups excluding carboxylic acids is 1. The lowest BCUT2D eigenvalue weighted by Gasteiger charge is -2.22. The molecule has 0 aliphatic carbocycles. The summed E-state index contributed by atoms with van der Waals surface area (Å²) in [6, 6.07) is 18.0. The molecular formula is C20H23N5O. The van der Waals surface area contributed by atoms with Crippen molar-refractivity contribution < 1.29 is 4.79 Å². The molecule has 1 unspecified atom stereocenters. The van der Waals surface area contributed by atoms with Gasteiger partial charge in [0.1, 0.15) is 6.33 Å². The SMILES string of the molecule is CC(NC(=O)N(C)Cc1ccccc1-c1ccccc1)c1nncn1C. The van der Waals surface area contributed by atoms with Crippen molar-refractivity contribution in [3.05, 3.63) is 72.3 Å². The molecule has 2 aromatic carbocycles. The second-order valence-electron chi connectivity index (χ2n) is 6.35. The molecule has 26 heavy (non-hydrogen) atoms. The molecule has 1 aromatic heterocycles. The fourth-order valence-electron chi connectivity index (χ4n) is 2.93. The summed E-state index contributed by atoms with van der Waals surface area (Å²) in [4.78, 5) is 14.2. The fourth-order valence-corrected chi connectivity index (χ4v) is 2.93. The van der Waals surface area contributed by atoms with Crippen molar-refractivity contribution >= 4 is 6.03 Å². The van der Waals surface area contributed by atoms with Gasteiger partial charge in [-0.25, -0.2) is 4.79 Å². The Hall–Kier alpha value is -3.15. The largest absolute Gasteiger partial charge is 0.328 e. The molecule has 0 saturated heterocycles. The van der Waals surface area contributed by atoms with Gasteiger partial charge in [0.05, 0.1) is 6.04 Å². The van der Waals surface area contributed by atoms with Crippen molar-refractivity contribution in [3.63, 3.8) is 0 Å². The van der Waals surface area contributed by atoms with Crippen LogP contribution < -0.4 is 5.32 Å². The molecule has 1 atom stereocenters. The summed E-state index contributed by atoms with van der Waals surface area (Å²) in [5, 5.41) is 10.9. The van der Waals surface area contributed by atoms with Gasteiger partial charge in [-0.05, 0) is 23.6 Å². The molecule has 0 spiro atoms. The third-order valence-electron chi connectivity index (χ3n) is 4.33. The van der Waals surface area contributed by atoms with Gasteiger partial charge < -0.3 is 14.8 Å². The molecule has 6 nitrogen and oxygen atoms in total. The van der Waals surface area contributed by atoms with E-state index < -0.39 is 0 Å². The summed E-state index contributed by atoms with van der Waals surface area (Å²) in [7, 11) is 3.65. The normalized spacial score (nSPS) is 11.8. The Morgan fingerprint density at radius 2 is 1.85 bits per heavy atom. The first-order chi connectivity index (χ1) is 12.6. The molecule has 0 radical (unpaired) electrons. The lowest BCUT2D eigenvalue weighted by Crippen LogP contribution is -2.38. The predicted molar refractivity (Wildman–Crippen MR) is 101 cm³/mol. The number of hydrogen-bond acceptors (Lipinski definition) is 3. The predicted octanol–water partition coefficient (Wildman–Crippen LogP) is 3.38. The molecule has 134 valence electrons. The monoisotopic (exact) mass is 349 g/mol. The van der Waals surface area contributed by atoms with E-state index in [4.69, 9.17) is 0 Å². The van der Waals surface area contributed by atoms with Crippen LogP contribution in [0.15, 0.2) is 60.9 Å². The molecule has 1 N–H and O–H groups in total. The Bertz CT molecular complexity index is 875. The van der Waals surface area contributed by atoms with Crippen LogP contribution in [-0.4, -0.2) is 32.7 Å². The summed E-state index contributed by atoms with van der Waals surface area (Å²) in [5.74, 6) is 0.719. The highest BCUT2D eigenvalue weighted by molar-refractivity contribution is 5.75.